The number of methoxy groups -OCH3 is 2. The highest BCUT2D eigenvalue weighted by Gasteiger charge is 2.05. The first-order valence-electron chi connectivity index (χ1n) is 5.09. The number of hydrogen-bond acceptors (Lipinski definition) is 4. The van der Waals surface area contributed by atoms with Crippen molar-refractivity contribution in [1.29, 1.82) is 0 Å². The second-order valence-electron chi connectivity index (χ2n) is 2.55. The van der Waals surface area contributed by atoms with E-state index in [1.54, 1.807) is 14.2 Å². The Balaban J connectivity index is 0.000000921. The predicted octanol–water partition coefficient (Wildman–Crippen LogP) is 1.63. The molecule has 0 saturated carbocycles. The van der Waals surface area contributed by atoms with Crippen LogP contribution in [0.1, 0.15) is 19.5 Å². The lowest BCUT2D eigenvalue weighted by molar-refractivity contribution is 0.342. The molecule has 0 radical (unpaired) electrons. The van der Waals surface area contributed by atoms with Crippen molar-refractivity contribution >= 4 is 0 Å². The van der Waals surface area contributed by atoms with Gasteiger partial charge in [0, 0.05) is 12.1 Å². The van der Waals surface area contributed by atoms with Crippen molar-refractivity contribution in [3.8, 4) is 11.6 Å². The van der Waals surface area contributed by atoms with E-state index in [1.165, 1.54) is 0 Å². The summed E-state index contributed by atoms with van der Waals surface area (Å²) in [6.45, 7) is 4.59. The topological polar surface area (TPSA) is 57.4 Å². The van der Waals surface area contributed by atoms with Gasteiger partial charge in [-0.1, -0.05) is 13.8 Å². The molecule has 0 atom stereocenters. The van der Waals surface area contributed by atoms with Crippen LogP contribution in [0.5, 0.6) is 11.6 Å². The third-order valence-electron chi connectivity index (χ3n) is 1.70. The fourth-order valence-corrected chi connectivity index (χ4v) is 1.05. The van der Waals surface area contributed by atoms with Gasteiger partial charge in [0.25, 0.3) is 5.88 Å². The molecule has 0 amide bonds. The minimum atomic E-state index is 0.508. The van der Waals surface area contributed by atoms with Crippen molar-refractivity contribution in [2.24, 2.45) is 5.73 Å². The van der Waals surface area contributed by atoms with Gasteiger partial charge in [0.15, 0.2) is 5.75 Å². The Morgan fingerprint density at radius 2 is 1.87 bits per heavy atom. The summed E-state index contributed by atoms with van der Waals surface area (Å²) < 4.78 is 10.1. The van der Waals surface area contributed by atoms with E-state index in [1.807, 2.05) is 26.0 Å². The fourth-order valence-electron chi connectivity index (χ4n) is 1.05. The number of nitrogens with two attached hydrogens (primary N) is 1. The average Bonchev–Trinajstić information content (AvgIpc) is 2.32. The molecular weight excluding hydrogens is 192 g/mol. The fraction of sp³-hybridized carbons (Fsp3) is 0.545. The van der Waals surface area contributed by atoms with Crippen molar-refractivity contribution in [2.75, 3.05) is 20.8 Å². The smallest absolute Gasteiger partial charge is 0.256 e. The Hall–Kier alpha value is -1.29. The molecule has 1 aromatic heterocycles. The summed E-state index contributed by atoms with van der Waals surface area (Å²) in [7, 11) is 3.15. The van der Waals surface area contributed by atoms with E-state index in [9.17, 15) is 0 Å². The largest absolute Gasteiger partial charge is 0.491 e. The molecule has 0 unspecified atom stereocenters. The summed E-state index contributed by atoms with van der Waals surface area (Å²) in [5, 5.41) is 0. The molecule has 2 N–H and O–H groups in total. The molecule has 0 aliphatic carbocycles. The number of nitrogens with zero attached hydrogens (tertiary/aromatic N) is 1. The van der Waals surface area contributed by atoms with E-state index in [0.717, 1.165) is 12.1 Å². The first-order chi connectivity index (χ1) is 7.31. The van der Waals surface area contributed by atoms with E-state index >= 15 is 0 Å². The number of aromatic nitrogens is 1. The quantitative estimate of drug-likeness (QED) is 0.824. The highest BCUT2D eigenvalue weighted by Crippen LogP contribution is 2.23. The monoisotopic (exact) mass is 212 g/mol. The molecule has 0 spiro atoms. The van der Waals surface area contributed by atoms with Crippen LogP contribution in [-0.2, 0) is 6.42 Å². The number of hydrogen-bond donors (Lipinski definition) is 1. The standard InChI is InChI=1S/C9H14N2O2.C2H6/c1-12-8-4-3-7(5-6-10)11-9(8)13-2;1-2/h3-4H,5-6,10H2,1-2H3;1-2H3. The lowest BCUT2D eigenvalue weighted by Crippen LogP contribution is -2.05. The molecule has 1 rings (SSSR count). The molecule has 0 aliphatic rings. The average molecular weight is 212 g/mol. The third-order valence-corrected chi connectivity index (χ3v) is 1.70. The molecule has 0 bridgehead atoms. The minimum Gasteiger partial charge on any atom is -0.491 e. The van der Waals surface area contributed by atoms with Crippen LogP contribution in [0.4, 0.5) is 0 Å². The molecule has 1 heterocycles. The molecule has 86 valence electrons. The van der Waals surface area contributed by atoms with Gasteiger partial charge < -0.3 is 15.2 Å². The number of rotatable bonds is 4. The Bertz CT molecular complexity index is 277. The van der Waals surface area contributed by atoms with Crippen LogP contribution in [0, 0.1) is 0 Å². The van der Waals surface area contributed by atoms with Crippen LogP contribution in [0.2, 0.25) is 0 Å². The minimum absolute atomic E-state index is 0.508. The lowest BCUT2D eigenvalue weighted by atomic mass is 10.2. The molecular formula is C11H20N2O2. The summed E-state index contributed by atoms with van der Waals surface area (Å²) in [5.74, 6) is 1.15. The zero-order valence-electron chi connectivity index (χ0n) is 9.91. The molecule has 1 aromatic rings. The predicted molar refractivity (Wildman–Crippen MR) is 61.4 cm³/mol. The van der Waals surface area contributed by atoms with Crippen LogP contribution in [0.25, 0.3) is 0 Å². The second kappa shape index (κ2) is 8.05. The molecule has 0 aromatic carbocycles. The van der Waals surface area contributed by atoms with Gasteiger partial charge in [0.2, 0.25) is 0 Å². The number of pyridine rings is 1. The van der Waals surface area contributed by atoms with E-state index in [0.29, 0.717) is 18.2 Å². The van der Waals surface area contributed by atoms with Crippen molar-refractivity contribution in [2.45, 2.75) is 20.3 Å². The summed E-state index contributed by atoms with van der Waals surface area (Å²) in [6.07, 6.45) is 0.750. The van der Waals surface area contributed by atoms with Crippen LogP contribution in [0.15, 0.2) is 12.1 Å². The highest BCUT2D eigenvalue weighted by molar-refractivity contribution is 5.34. The van der Waals surface area contributed by atoms with E-state index in [2.05, 4.69) is 4.98 Å². The first kappa shape index (κ1) is 13.7. The zero-order chi connectivity index (χ0) is 11.7. The molecule has 0 aliphatic heterocycles. The maximum atomic E-state index is 5.41. The van der Waals surface area contributed by atoms with Crippen molar-refractivity contribution in [1.82, 2.24) is 4.98 Å². The van der Waals surface area contributed by atoms with E-state index < -0.39 is 0 Å². The van der Waals surface area contributed by atoms with Crippen LogP contribution >= 0.6 is 0 Å². The van der Waals surface area contributed by atoms with Gasteiger partial charge in [0.1, 0.15) is 0 Å². The molecule has 0 fully saturated rings. The SMILES string of the molecule is CC.COc1ccc(CCN)nc1OC. The first-order valence-corrected chi connectivity index (χ1v) is 5.09. The molecule has 0 saturated heterocycles. The van der Waals surface area contributed by atoms with Crippen molar-refractivity contribution in [3.63, 3.8) is 0 Å². The number of ether oxygens (including phenoxy) is 2. The van der Waals surface area contributed by atoms with Crippen molar-refractivity contribution in [3.05, 3.63) is 17.8 Å². The Kier molecular flexibility index (Phi) is 7.36. The van der Waals surface area contributed by atoms with Gasteiger partial charge in [-0.15, -0.1) is 0 Å². The zero-order valence-corrected chi connectivity index (χ0v) is 9.91. The summed E-state index contributed by atoms with van der Waals surface area (Å²) in [5.41, 5.74) is 6.33. The van der Waals surface area contributed by atoms with Crippen LogP contribution in [-0.4, -0.2) is 25.7 Å². The molecule has 15 heavy (non-hydrogen) atoms. The lowest BCUT2D eigenvalue weighted by Gasteiger charge is -2.07. The van der Waals surface area contributed by atoms with Crippen LogP contribution < -0.4 is 15.2 Å². The van der Waals surface area contributed by atoms with Gasteiger partial charge in [0.05, 0.1) is 14.2 Å². The van der Waals surface area contributed by atoms with Gasteiger partial charge in [-0.3, -0.25) is 0 Å². The summed E-state index contributed by atoms with van der Waals surface area (Å²) >= 11 is 0. The highest BCUT2D eigenvalue weighted by atomic mass is 16.5. The molecule has 4 nitrogen and oxygen atoms in total. The van der Waals surface area contributed by atoms with Crippen molar-refractivity contribution < 1.29 is 9.47 Å². The third kappa shape index (κ3) is 4.16. The van der Waals surface area contributed by atoms with E-state index in [-0.39, 0.29) is 0 Å². The summed E-state index contributed by atoms with van der Waals surface area (Å²) in [4.78, 5) is 4.22. The Morgan fingerprint density at radius 1 is 1.20 bits per heavy atom. The van der Waals surface area contributed by atoms with Gasteiger partial charge in [-0.05, 0) is 18.7 Å². The van der Waals surface area contributed by atoms with E-state index in [4.69, 9.17) is 15.2 Å². The maximum Gasteiger partial charge on any atom is 0.256 e. The normalized spacial score (nSPS) is 8.87. The van der Waals surface area contributed by atoms with Crippen LogP contribution in [0.3, 0.4) is 0 Å². The second-order valence-corrected chi connectivity index (χ2v) is 2.55. The molecule has 4 heteroatoms. The summed E-state index contributed by atoms with van der Waals surface area (Å²) in [6, 6.07) is 3.71. The Labute approximate surface area is 91.4 Å². The Morgan fingerprint density at radius 3 is 2.33 bits per heavy atom. The van der Waals surface area contributed by atoms with Gasteiger partial charge in [-0.25, -0.2) is 4.98 Å². The van der Waals surface area contributed by atoms with Gasteiger partial charge >= 0.3 is 0 Å². The van der Waals surface area contributed by atoms with Gasteiger partial charge in [-0.2, -0.15) is 0 Å². The maximum absolute atomic E-state index is 5.41.